The summed E-state index contributed by atoms with van der Waals surface area (Å²) in [6.07, 6.45) is 0. The molecule has 0 bridgehead atoms. The Balaban J connectivity index is 1.47. The largest absolute Gasteiger partial charge is 0.350 e. The van der Waals surface area contributed by atoms with Crippen LogP contribution in [0.2, 0.25) is 0 Å². The summed E-state index contributed by atoms with van der Waals surface area (Å²) in [6.45, 7) is 2.57. The van der Waals surface area contributed by atoms with Gasteiger partial charge in [0.2, 0.25) is 0 Å². The van der Waals surface area contributed by atoms with Gasteiger partial charge in [0.05, 0.1) is 0 Å². The van der Waals surface area contributed by atoms with Crippen molar-refractivity contribution in [3.63, 3.8) is 0 Å². The van der Waals surface area contributed by atoms with Crippen molar-refractivity contribution in [3.8, 4) is 11.5 Å². The van der Waals surface area contributed by atoms with E-state index in [9.17, 15) is 0 Å². The Morgan fingerprint density at radius 3 is 2.43 bits per heavy atom. The summed E-state index contributed by atoms with van der Waals surface area (Å²) < 4.78 is 5.27. The van der Waals surface area contributed by atoms with Crippen LogP contribution in [0.15, 0.2) is 65.2 Å². The average Bonchev–Trinajstić information content (AvgIpc) is 3.05. The van der Waals surface area contributed by atoms with Crippen molar-refractivity contribution in [2.75, 3.05) is 25.5 Å². The number of nitrogens with one attached hydrogen (secondary N) is 1. The van der Waals surface area contributed by atoms with Gasteiger partial charge in [0.25, 0.3) is 11.8 Å². The van der Waals surface area contributed by atoms with E-state index in [2.05, 4.69) is 51.7 Å². The molecule has 0 fully saturated rings. The van der Waals surface area contributed by atoms with E-state index in [0.29, 0.717) is 11.8 Å². The first-order valence-electron chi connectivity index (χ1n) is 7.67. The third-order valence-corrected chi connectivity index (χ3v) is 3.52. The highest BCUT2D eigenvalue weighted by atomic mass is 16.5. The molecule has 3 rings (SSSR count). The standard InChI is InChI=1S/C18H20N4O/c1-22(14-15-8-4-2-5-9-15)13-12-19-18-20-17(23-21-18)16-10-6-3-7-11-16/h2-11H,12-14H2,1H3,(H,19,21). The Morgan fingerprint density at radius 2 is 1.70 bits per heavy atom. The molecular formula is C18H20N4O. The van der Waals surface area contributed by atoms with E-state index in [1.54, 1.807) is 0 Å². The van der Waals surface area contributed by atoms with Gasteiger partial charge in [0.1, 0.15) is 0 Å². The van der Waals surface area contributed by atoms with Crippen molar-refractivity contribution in [3.05, 3.63) is 66.2 Å². The second-order valence-corrected chi connectivity index (χ2v) is 5.44. The first-order valence-corrected chi connectivity index (χ1v) is 7.67. The van der Waals surface area contributed by atoms with Gasteiger partial charge in [-0.1, -0.05) is 48.5 Å². The Labute approximate surface area is 136 Å². The second-order valence-electron chi connectivity index (χ2n) is 5.44. The lowest BCUT2D eigenvalue weighted by molar-refractivity contribution is 0.339. The molecule has 0 amide bonds. The van der Waals surface area contributed by atoms with Crippen LogP contribution in [0.25, 0.3) is 11.5 Å². The van der Waals surface area contributed by atoms with E-state index >= 15 is 0 Å². The quantitative estimate of drug-likeness (QED) is 0.726. The van der Waals surface area contributed by atoms with Crippen LogP contribution >= 0.6 is 0 Å². The molecule has 0 radical (unpaired) electrons. The lowest BCUT2D eigenvalue weighted by atomic mass is 10.2. The average molecular weight is 308 g/mol. The van der Waals surface area contributed by atoms with Crippen molar-refractivity contribution in [2.45, 2.75) is 6.54 Å². The fraction of sp³-hybridized carbons (Fsp3) is 0.222. The summed E-state index contributed by atoms with van der Waals surface area (Å²) in [5.74, 6) is 1.06. The Bertz CT molecular complexity index is 712. The molecule has 0 saturated heterocycles. The first-order chi connectivity index (χ1) is 11.3. The molecule has 0 aliphatic rings. The molecule has 0 unspecified atom stereocenters. The van der Waals surface area contributed by atoms with Gasteiger partial charge >= 0.3 is 0 Å². The Kier molecular flexibility index (Phi) is 5.01. The van der Waals surface area contributed by atoms with Crippen LogP contribution in [-0.2, 0) is 6.54 Å². The molecule has 1 heterocycles. The van der Waals surface area contributed by atoms with Gasteiger partial charge in [-0.25, -0.2) is 0 Å². The molecule has 2 aromatic carbocycles. The number of hydrogen-bond donors (Lipinski definition) is 1. The third-order valence-electron chi connectivity index (χ3n) is 3.52. The van der Waals surface area contributed by atoms with Gasteiger partial charge in [0, 0.05) is 25.2 Å². The maximum absolute atomic E-state index is 5.27. The first kappa shape index (κ1) is 15.2. The normalized spacial score (nSPS) is 10.9. The summed E-state index contributed by atoms with van der Waals surface area (Å²) >= 11 is 0. The Morgan fingerprint density at radius 1 is 1.00 bits per heavy atom. The van der Waals surface area contributed by atoms with Crippen molar-refractivity contribution >= 4 is 5.95 Å². The molecule has 0 aliphatic carbocycles. The SMILES string of the molecule is CN(CCNc1noc(-c2ccccc2)n1)Cc1ccccc1. The number of hydrogen-bond acceptors (Lipinski definition) is 5. The van der Waals surface area contributed by atoms with Crippen molar-refractivity contribution in [1.29, 1.82) is 0 Å². The number of benzene rings is 2. The van der Waals surface area contributed by atoms with Crippen molar-refractivity contribution in [2.24, 2.45) is 0 Å². The van der Waals surface area contributed by atoms with Crippen LogP contribution in [0.5, 0.6) is 0 Å². The number of nitrogens with zero attached hydrogens (tertiary/aromatic N) is 3. The Hall–Kier alpha value is -2.66. The highest BCUT2D eigenvalue weighted by Crippen LogP contribution is 2.17. The maximum atomic E-state index is 5.27. The molecule has 118 valence electrons. The van der Waals surface area contributed by atoms with Gasteiger partial charge in [-0.15, -0.1) is 0 Å². The van der Waals surface area contributed by atoms with E-state index in [-0.39, 0.29) is 0 Å². The summed E-state index contributed by atoms with van der Waals surface area (Å²) in [5, 5.41) is 7.15. The van der Waals surface area contributed by atoms with Crippen LogP contribution in [0, 0.1) is 0 Å². The topological polar surface area (TPSA) is 54.2 Å². The highest BCUT2D eigenvalue weighted by molar-refractivity contribution is 5.53. The lowest BCUT2D eigenvalue weighted by Gasteiger charge is -2.16. The smallest absolute Gasteiger partial charge is 0.263 e. The van der Waals surface area contributed by atoms with Crippen LogP contribution in [0.4, 0.5) is 5.95 Å². The van der Waals surface area contributed by atoms with E-state index in [4.69, 9.17) is 4.52 Å². The van der Waals surface area contributed by atoms with Crippen molar-refractivity contribution < 1.29 is 4.52 Å². The minimum Gasteiger partial charge on any atom is -0.350 e. The summed E-state index contributed by atoms with van der Waals surface area (Å²) in [7, 11) is 2.10. The molecule has 23 heavy (non-hydrogen) atoms. The van der Waals surface area contributed by atoms with E-state index < -0.39 is 0 Å². The molecule has 0 saturated carbocycles. The third kappa shape index (κ3) is 4.40. The molecule has 0 aliphatic heterocycles. The van der Waals surface area contributed by atoms with Crippen molar-refractivity contribution in [1.82, 2.24) is 15.0 Å². The number of rotatable bonds is 7. The van der Waals surface area contributed by atoms with Gasteiger partial charge in [-0.2, -0.15) is 4.98 Å². The fourth-order valence-corrected chi connectivity index (χ4v) is 2.33. The summed E-state index contributed by atoms with van der Waals surface area (Å²) in [4.78, 5) is 6.60. The van der Waals surface area contributed by atoms with E-state index in [0.717, 1.165) is 25.2 Å². The molecule has 3 aromatic rings. The van der Waals surface area contributed by atoms with Gasteiger partial charge < -0.3 is 14.7 Å². The minimum atomic E-state index is 0.525. The van der Waals surface area contributed by atoms with Gasteiger partial charge in [-0.3, -0.25) is 0 Å². The molecule has 0 spiro atoms. The molecule has 5 heteroatoms. The molecule has 1 aromatic heterocycles. The molecular weight excluding hydrogens is 288 g/mol. The number of aromatic nitrogens is 2. The molecule has 0 atom stereocenters. The zero-order valence-electron chi connectivity index (χ0n) is 13.1. The number of anilines is 1. The lowest BCUT2D eigenvalue weighted by Crippen LogP contribution is -2.25. The zero-order valence-corrected chi connectivity index (χ0v) is 13.1. The van der Waals surface area contributed by atoms with Crippen LogP contribution < -0.4 is 5.32 Å². The maximum Gasteiger partial charge on any atom is 0.263 e. The summed E-state index contributed by atoms with van der Waals surface area (Å²) in [5.41, 5.74) is 2.23. The van der Waals surface area contributed by atoms with Crippen LogP contribution in [-0.4, -0.2) is 35.2 Å². The monoisotopic (exact) mass is 308 g/mol. The van der Waals surface area contributed by atoms with Gasteiger partial charge in [0.15, 0.2) is 0 Å². The van der Waals surface area contributed by atoms with Gasteiger partial charge in [-0.05, 0) is 29.9 Å². The molecule has 1 N–H and O–H groups in total. The second kappa shape index (κ2) is 7.56. The van der Waals surface area contributed by atoms with Crippen LogP contribution in [0.3, 0.4) is 0 Å². The van der Waals surface area contributed by atoms with E-state index in [1.807, 2.05) is 36.4 Å². The highest BCUT2D eigenvalue weighted by Gasteiger charge is 2.08. The predicted molar refractivity (Wildman–Crippen MR) is 91.0 cm³/mol. The summed E-state index contributed by atoms with van der Waals surface area (Å²) in [6, 6.07) is 20.2. The van der Waals surface area contributed by atoms with E-state index in [1.165, 1.54) is 5.56 Å². The fourth-order valence-electron chi connectivity index (χ4n) is 2.33. The number of likely N-dealkylation sites (N-methyl/N-ethyl adjacent to an activating group) is 1. The molecule has 5 nitrogen and oxygen atoms in total. The van der Waals surface area contributed by atoms with Crippen LogP contribution in [0.1, 0.15) is 5.56 Å². The predicted octanol–water partition coefficient (Wildman–Crippen LogP) is 3.28. The minimum absolute atomic E-state index is 0.525. The zero-order chi connectivity index (χ0) is 15.9.